The van der Waals surface area contributed by atoms with Crippen LogP contribution >= 0.6 is 0 Å². The molecule has 0 radical (unpaired) electrons. The lowest BCUT2D eigenvalue weighted by atomic mass is 9.96. The predicted octanol–water partition coefficient (Wildman–Crippen LogP) is 5.15. The second kappa shape index (κ2) is 9.54. The molecule has 0 saturated heterocycles. The summed E-state index contributed by atoms with van der Waals surface area (Å²) >= 11 is 0. The number of hydrogen-bond donors (Lipinski definition) is 2. The average Bonchev–Trinajstić information content (AvgIpc) is 3.57. The molecular weight excluding hydrogens is 442 g/mol. The summed E-state index contributed by atoms with van der Waals surface area (Å²) in [5.41, 5.74) is 3.33. The van der Waals surface area contributed by atoms with Crippen molar-refractivity contribution in [3.63, 3.8) is 0 Å². The maximum atomic E-state index is 13.0. The molecule has 1 amide bonds. The molecule has 35 heavy (non-hydrogen) atoms. The summed E-state index contributed by atoms with van der Waals surface area (Å²) in [6, 6.07) is 26.5. The molecule has 5 rings (SSSR count). The minimum Gasteiger partial charge on any atom is -0.481 e. The molecule has 4 aromatic rings. The summed E-state index contributed by atoms with van der Waals surface area (Å²) in [5, 5.41) is 20.6. The lowest BCUT2D eigenvalue weighted by Crippen LogP contribution is -2.29. The standard InChI is InChI=1S/C28H25N3O4/c32-24(33)16-15-23(26-30-31-27(35-26)28(17-18-28)22-9-5-2-6-10-22)29-25(34)21-13-11-20(12-14-21)19-7-3-1-4-8-19/h1-14,23H,15-18H2,(H,29,34)(H,32,33)/t23-/m0/s1. The smallest absolute Gasteiger partial charge is 0.303 e. The molecule has 7 heteroatoms. The van der Waals surface area contributed by atoms with Crippen LogP contribution in [0.25, 0.3) is 11.1 Å². The van der Waals surface area contributed by atoms with Crippen LogP contribution in [0.15, 0.2) is 89.3 Å². The van der Waals surface area contributed by atoms with Gasteiger partial charge in [-0.1, -0.05) is 72.8 Å². The zero-order valence-electron chi connectivity index (χ0n) is 19.1. The van der Waals surface area contributed by atoms with Crippen molar-refractivity contribution in [1.82, 2.24) is 15.5 Å². The molecule has 2 N–H and O–H groups in total. The van der Waals surface area contributed by atoms with Crippen LogP contribution in [0.5, 0.6) is 0 Å². The Morgan fingerprint density at radius 3 is 2.14 bits per heavy atom. The van der Waals surface area contributed by atoms with Gasteiger partial charge in [0.2, 0.25) is 11.8 Å². The number of nitrogens with one attached hydrogen (secondary N) is 1. The van der Waals surface area contributed by atoms with E-state index in [9.17, 15) is 14.7 Å². The molecule has 0 bridgehead atoms. The number of hydrogen-bond acceptors (Lipinski definition) is 5. The van der Waals surface area contributed by atoms with Crippen molar-refractivity contribution < 1.29 is 19.1 Å². The lowest BCUT2D eigenvalue weighted by molar-refractivity contribution is -0.137. The van der Waals surface area contributed by atoms with Gasteiger partial charge in [0.1, 0.15) is 6.04 Å². The van der Waals surface area contributed by atoms with Crippen molar-refractivity contribution in [3.8, 4) is 11.1 Å². The topological polar surface area (TPSA) is 105 Å². The number of benzene rings is 3. The van der Waals surface area contributed by atoms with Crippen LogP contribution in [0.1, 0.15) is 59.4 Å². The van der Waals surface area contributed by atoms with Crippen LogP contribution in [-0.4, -0.2) is 27.2 Å². The Morgan fingerprint density at radius 2 is 1.51 bits per heavy atom. The first-order chi connectivity index (χ1) is 17.0. The minimum atomic E-state index is -0.959. The summed E-state index contributed by atoms with van der Waals surface area (Å²) in [5.74, 6) is -0.568. The van der Waals surface area contributed by atoms with Crippen LogP contribution in [0, 0.1) is 0 Å². The van der Waals surface area contributed by atoms with Crippen molar-refractivity contribution in [3.05, 3.63) is 108 Å². The summed E-state index contributed by atoms with van der Waals surface area (Å²) in [6.45, 7) is 0. The molecule has 1 heterocycles. The van der Waals surface area contributed by atoms with Crippen LogP contribution in [-0.2, 0) is 10.2 Å². The third-order valence-corrected chi connectivity index (χ3v) is 6.43. The number of aromatic nitrogens is 2. The fraction of sp³-hybridized carbons (Fsp3) is 0.214. The fourth-order valence-electron chi connectivity index (χ4n) is 4.29. The van der Waals surface area contributed by atoms with Gasteiger partial charge in [-0.3, -0.25) is 9.59 Å². The molecule has 0 unspecified atom stereocenters. The monoisotopic (exact) mass is 467 g/mol. The van der Waals surface area contributed by atoms with Gasteiger partial charge in [0.05, 0.1) is 5.41 Å². The van der Waals surface area contributed by atoms with E-state index in [2.05, 4.69) is 15.5 Å². The summed E-state index contributed by atoms with van der Waals surface area (Å²) in [7, 11) is 0. The molecule has 1 saturated carbocycles. The molecular formula is C28H25N3O4. The predicted molar refractivity (Wildman–Crippen MR) is 130 cm³/mol. The Morgan fingerprint density at radius 1 is 0.886 bits per heavy atom. The Hall–Kier alpha value is -4.26. The van der Waals surface area contributed by atoms with Crippen LogP contribution in [0.2, 0.25) is 0 Å². The molecule has 176 valence electrons. The Kier molecular flexibility index (Phi) is 6.14. The van der Waals surface area contributed by atoms with Gasteiger partial charge in [-0.2, -0.15) is 0 Å². The number of aliphatic carboxylic acids is 1. The van der Waals surface area contributed by atoms with E-state index in [1.165, 1.54) is 0 Å². The minimum absolute atomic E-state index is 0.139. The third kappa shape index (κ3) is 4.84. The highest BCUT2D eigenvalue weighted by Crippen LogP contribution is 2.53. The molecule has 3 aromatic carbocycles. The summed E-state index contributed by atoms with van der Waals surface area (Å²) < 4.78 is 6.04. The molecule has 7 nitrogen and oxygen atoms in total. The maximum absolute atomic E-state index is 13.0. The van der Waals surface area contributed by atoms with Crippen molar-refractivity contribution >= 4 is 11.9 Å². The van der Waals surface area contributed by atoms with E-state index >= 15 is 0 Å². The number of carboxylic acids is 1. The van der Waals surface area contributed by atoms with E-state index in [1.807, 2.05) is 72.8 Å². The van der Waals surface area contributed by atoms with Crippen LogP contribution in [0.3, 0.4) is 0 Å². The number of carbonyl (C=O) groups is 2. The van der Waals surface area contributed by atoms with Gasteiger partial charge in [-0.05, 0) is 48.1 Å². The number of amides is 1. The molecule has 1 aliphatic carbocycles. The second-order valence-electron chi connectivity index (χ2n) is 8.80. The number of nitrogens with zero attached hydrogens (tertiary/aromatic N) is 2. The fourth-order valence-corrected chi connectivity index (χ4v) is 4.29. The zero-order valence-corrected chi connectivity index (χ0v) is 19.1. The third-order valence-electron chi connectivity index (χ3n) is 6.43. The van der Waals surface area contributed by atoms with Gasteiger partial charge in [-0.25, -0.2) is 0 Å². The first kappa shape index (κ1) is 22.5. The van der Waals surface area contributed by atoms with Gasteiger partial charge in [-0.15, -0.1) is 10.2 Å². The van der Waals surface area contributed by atoms with Crippen LogP contribution in [0.4, 0.5) is 0 Å². The molecule has 1 aromatic heterocycles. The van der Waals surface area contributed by atoms with E-state index in [-0.39, 0.29) is 30.1 Å². The van der Waals surface area contributed by atoms with E-state index in [1.54, 1.807) is 12.1 Å². The SMILES string of the molecule is O=C(O)CC[C@H](NC(=O)c1ccc(-c2ccccc2)cc1)c1nnc(C2(c3ccccc3)CC2)o1. The van der Waals surface area contributed by atoms with Gasteiger partial charge in [0, 0.05) is 12.0 Å². The average molecular weight is 468 g/mol. The molecule has 1 atom stereocenters. The number of carboxylic acid groups (broad SMARTS) is 1. The van der Waals surface area contributed by atoms with Crippen molar-refractivity contribution in [2.45, 2.75) is 37.1 Å². The van der Waals surface area contributed by atoms with Gasteiger partial charge < -0.3 is 14.8 Å². The lowest BCUT2D eigenvalue weighted by Gasteiger charge is -2.15. The van der Waals surface area contributed by atoms with Crippen molar-refractivity contribution in [2.75, 3.05) is 0 Å². The highest BCUT2D eigenvalue weighted by Gasteiger charge is 2.50. The van der Waals surface area contributed by atoms with Gasteiger partial charge in [0.15, 0.2) is 0 Å². The van der Waals surface area contributed by atoms with Crippen molar-refractivity contribution in [2.24, 2.45) is 0 Å². The van der Waals surface area contributed by atoms with E-state index in [0.29, 0.717) is 11.5 Å². The number of carbonyl (C=O) groups excluding carboxylic acids is 1. The second-order valence-corrected chi connectivity index (χ2v) is 8.80. The largest absolute Gasteiger partial charge is 0.481 e. The molecule has 0 aliphatic heterocycles. The Bertz CT molecular complexity index is 1310. The molecule has 1 fully saturated rings. The van der Waals surface area contributed by atoms with Gasteiger partial charge in [0.25, 0.3) is 5.91 Å². The summed E-state index contributed by atoms with van der Waals surface area (Å²) in [6.07, 6.45) is 1.81. The number of rotatable bonds is 9. The van der Waals surface area contributed by atoms with Crippen molar-refractivity contribution in [1.29, 1.82) is 0 Å². The quantitative estimate of drug-likeness (QED) is 0.353. The molecule has 0 spiro atoms. The zero-order chi connectivity index (χ0) is 24.3. The van der Waals surface area contributed by atoms with E-state index in [0.717, 1.165) is 29.5 Å². The Labute approximate surface area is 202 Å². The summed E-state index contributed by atoms with van der Waals surface area (Å²) in [4.78, 5) is 24.3. The van der Waals surface area contributed by atoms with Crippen LogP contribution < -0.4 is 5.32 Å². The first-order valence-electron chi connectivity index (χ1n) is 11.6. The Balaban J connectivity index is 1.35. The highest BCUT2D eigenvalue weighted by atomic mass is 16.4. The maximum Gasteiger partial charge on any atom is 0.303 e. The van der Waals surface area contributed by atoms with Gasteiger partial charge >= 0.3 is 5.97 Å². The molecule has 1 aliphatic rings. The van der Waals surface area contributed by atoms with E-state index in [4.69, 9.17) is 4.42 Å². The van der Waals surface area contributed by atoms with E-state index < -0.39 is 12.0 Å². The normalized spacial score (nSPS) is 14.7. The first-order valence-corrected chi connectivity index (χ1v) is 11.6. The highest BCUT2D eigenvalue weighted by molar-refractivity contribution is 5.95.